The third-order valence-electron chi connectivity index (χ3n) is 9.95. The Kier molecular flexibility index (Phi) is 12.6. The smallest absolute Gasteiger partial charge is 0.449 e. The molecular formula is C38H36F8N4O7S. The number of pyridine rings is 1. The maximum Gasteiger partial charge on any atom is 0.491 e. The number of likely N-dealkylation sites (tertiary alicyclic amines) is 1. The van der Waals surface area contributed by atoms with E-state index in [1.54, 1.807) is 4.90 Å². The van der Waals surface area contributed by atoms with Gasteiger partial charge in [-0.1, -0.05) is 12.1 Å². The fraction of sp³-hybridized carbons (Fsp3) is 0.421. The van der Waals surface area contributed by atoms with Crippen LogP contribution in [0.25, 0.3) is 10.9 Å². The molecule has 0 unspecified atom stereocenters. The molecule has 11 nitrogen and oxygen atoms in total. The third-order valence-corrected chi connectivity index (χ3v) is 10.9. The number of carbonyl (C=O) groups is 3. The highest BCUT2D eigenvalue weighted by Gasteiger charge is 2.44. The van der Waals surface area contributed by atoms with E-state index in [9.17, 15) is 49.9 Å². The minimum Gasteiger partial charge on any atom is -0.449 e. The molecule has 0 radical (unpaired) electrons. The first-order valence-corrected chi connectivity index (χ1v) is 18.8. The normalized spacial score (nSPS) is 16.7. The van der Waals surface area contributed by atoms with Crippen molar-refractivity contribution in [3.63, 3.8) is 0 Å². The summed E-state index contributed by atoms with van der Waals surface area (Å²) in [4.78, 5) is 56.2. The van der Waals surface area contributed by atoms with Crippen molar-refractivity contribution in [3.8, 4) is 5.75 Å². The van der Waals surface area contributed by atoms with Gasteiger partial charge in [0.05, 0.1) is 29.1 Å². The van der Waals surface area contributed by atoms with Crippen molar-refractivity contribution in [2.45, 2.75) is 56.8 Å². The third kappa shape index (κ3) is 9.84. The van der Waals surface area contributed by atoms with Crippen molar-refractivity contribution in [2.75, 3.05) is 45.9 Å². The lowest BCUT2D eigenvalue weighted by molar-refractivity contribution is -0.205. The van der Waals surface area contributed by atoms with E-state index in [0.717, 1.165) is 35.2 Å². The topological polar surface area (TPSA) is 130 Å². The molecular weight excluding hydrogens is 808 g/mol. The first kappa shape index (κ1) is 42.7. The summed E-state index contributed by atoms with van der Waals surface area (Å²) >= 11 is 1.43. The Morgan fingerprint density at radius 3 is 2.34 bits per heavy atom. The summed E-state index contributed by atoms with van der Waals surface area (Å²) in [7, 11) is 0. The fourth-order valence-corrected chi connectivity index (χ4v) is 7.85. The molecule has 58 heavy (non-hydrogen) atoms. The van der Waals surface area contributed by atoms with E-state index in [1.807, 2.05) is 24.0 Å². The second-order valence-corrected chi connectivity index (χ2v) is 15.2. The first-order chi connectivity index (χ1) is 27.3. The molecule has 20 heteroatoms. The quantitative estimate of drug-likeness (QED) is 0.0793. The molecule has 0 bridgehead atoms. The Hall–Kier alpha value is -4.92. The number of thiophene rings is 1. The molecule has 2 aliphatic rings. The van der Waals surface area contributed by atoms with Gasteiger partial charge in [0.1, 0.15) is 17.7 Å². The molecule has 2 aliphatic heterocycles. The van der Waals surface area contributed by atoms with Gasteiger partial charge in [0.2, 0.25) is 5.56 Å². The van der Waals surface area contributed by atoms with Crippen LogP contribution in [0.5, 0.6) is 5.75 Å². The number of morpholine rings is 1. The van der Waals surface area contributed by atoms with Crippen LogP contribution in [-0.4, -0.2) is 96.5 Å². The number of aryl methyl sites for hydroxylation is 1. The van der Waals surface area contributed by atoms with E-state index in [1.165, 1.54) is 17.4 Å². The Balaban J connectivity index is 1.11. The van der Waals surface area contributed by atoms with Gasteiger partial charge >= 0.3 is 24.3 Å². The number of alkyl halides is 6. The minimum atomic E-state index is -5.46. The number of hydrogen-bond acceptors (Lipinski definition) is 10. The van der Waals surface area contributed by atoms with Gasteiger partial charge in [0, 0.05) is 65.7 Å². The van der Waals surface area contributed by atoms with Crippen LogP contribution >= 0.6 is 11.3 Å². The number of ether oxygens (including phenoxy) is 3. The minimum absolute atomic E-state index is 0.0478. The van der Waals surface area contributed by atoms with Gasteiger partial charge < -0.3 is 29.4 Å². The lowest BCUT2D eigenvalue weighted by atomic mass is 9.89. The monoisotopic (exact) mass is 844 g/mol. The second kappa shape index (κ2) is 17.1. The standard InChI is InChI=1S/C38H36F8N4O7S/c1-21-2-8-29(58-21)33(52)50-16-17-55-36(20-50)11-14-49(15-12-36)19-22-3-6-26(39)25(31(22)40)10-13-47-18-28(57-35(54)38(44,45)46)23-4-7-27(56-34(53)37(41,42)43)32-24(23)5-9-30(51)48-32/h2-9,28,47H,10-20H2,1H3,(H,48,51)/t28-/m0/s1. The molecule has 4 aromatic rings. The summed E-state index contributed by atoms with van der Waals surface area (Å²) in [5.74, 6) is -7.78. The number of amides is 1. The molecule has 312 valence electrons. The first-order valence-electron chi connectivity index (χ1n) is 17.9. The van der Waals surface area contributed by atoms with E-state index in [4.69, 9.17) is 9.47 Å². The summed E-state index contributed by atoms with van der Waals surface area (Å²) in [6, 6.07) is 9.77. The molecule has 2 fully saturated rings. The van der Waals surface area contributed by atoms with Gasteiger partial charge in [0.15, 0.2) is 5.75 Å². The highest BCUT2D eigenvalue weighted by molar-refractivity contribution is 7.13. The summed E-state index contributed by atoms with van der Waals surface area (Å²) in [6.45, 7) is 3.55. The van der Waals surface area contributed by atoms with E-state index < -0.39 is 71.0 Å². The van der Waals surface area contributed by atoms with Crippen molar-refractivity contribution in [1.82, 2.24) is 20.1 Å². The number of hydrogen-bond donors (Lipinski definition) is 2. The van der Waals surface area contributed by atoms with E-state index in [-0.39, 0.29) is 47.5 Å². The lowest BCUT2D eigenvalue weighted by Crippen LogP contribution is -2.57. The van der Waals surface area contributed by atoms with Crippen LogP contribution in [0.2, 0.25) is 0 Å². The van der Waals surface area contributed by atoms with Crippen molar-refractivity contribution in [1.29, 1.82) is 0 Å². The number of fused-ring (bicyclic) bond motifs is 1. The zero-order chi connectivity index (χ0) is 42.0. The predicted octanol–water partition coefficient (Wildman–Crippen LogP) is 6.13. The largest absolute Gasteiger partial charge is 0.491 e. The average Bonchev–Trinajstić information content (AvgIpc) is 3.61. The van der Waals surface area contributed by atoms with Gasteiger partial charge in [0.25, 0.3) is 5.91 Å². The van der Waals surface area contributed by atoms with Gasteiger partial charge in [-0.15, -0.1) is 11.3 Å². The highest BCUT2D eigenvalue weighted by atomic mass is 32.1. The SMILES string of the molecule is Cc1ccc(C(=O)N2CCOC3(CCN(Cc4ccc(F)c(CCNC[C@H](OC(=O)C(F)(F)F)c5ccc(OC(=O)C(F)(F)F)c6[nH]c(=O)ccc56)c4F)CC3)C2)s1. The molecule has 4 heterocycles. The number of benzene rings is 2. The Labute approximate surface area is 328 Å². The van der Waals surface area contributed by atoms with Crippen molar-refractivity contribution in [3.05, 3.63) is 97.0 Å². The van der Waals surface area contributed by atoms with Crippen molar-refractivity contribution >= 4 is 40.1 Å². The molecule has 2 saturated heterocycles. The number of H-pyrrole nitrogens is 1. The number of aromatic amines is 1. The zero-order valence-electron chi connectivity index (χ0n) is 30.7. The fourth-order valence-electron chi connectivity index (χ4n) is 7.01. The molecule has 6 rings (SSSR count). The zero-order valence-corrected chi connectivity index (χ0v) is 31.5. The number of nitrogens with zero attached hydrogens (tertiary/aromatic N) is 2. The Morgan fingerprint density at radius 2 is 1.67 bits per heavy atom. The predicted molar refractivity (Wildman–Crippen MR) is 192 cm³/mol. The van der Waals surface area contributed by atoms with Crippen molar-refractivity contribution < 1.29 is 63.7 Å². The number of aromatic nitrogens is 1. The molecule has 1 atom stereocenters. The van der Waals surface area contributed by atoms with Crippen LogP contribution in [0.15, 0.2) is 53.3 Å². The van der Waals surface area contributed by atoms with Crippen molar-refractivity contribution in [2.24, 2.45) is 0 Å². The number of nitrogens with one attached hydrogen (secondary N) is 2. The number of esters is 2. The maximum atomic E-state index is 15.8. The molecule has 1 amide bonds. The number of carbonyl (C=O) groups excluding carboxylic acids is 3. The summed E-state index contributed by atoms with van der Waals surface area (Å²) in [5.41, 5.74) is -2.27. The van der Waals surface area contributed by atoms with Gasteiger partial charge in [-0.05, 0) is 63.1 Å². The van der Waals surface area contributed by atoms with E-state index in [2.05, 4.69) is 15.0 Å². The highest BCUT2D eigenvalue weighted by Crippen LogP contribution is 2.35. The van der Waals surface area contributed by atoms with Gasteiger partial charge in [-0.3, -0.25) is 14.5 Å². The van der Waals surface area contributed by atoms with Gasteiger partial charge in [-0.2, -0.15) is 26.3 Å². The number of piperidine rings is 1. The Morgan fingerprint density at radius 1 is 0.948 bits per heavy atom. The van der Waals surface area contributed by atoms with Crippen LogP contribution in [-0.2, 0) is 32.0 Å². The number of halogens is 8. The van der Waals surface area contributed by atoms with Crippen LogP contribution in [0, 0.1) is 18.6 Å². The van der Waals surface area contributed by atoms with E-state index in [0.29, 0.717) is 50.5 Å². The number of rotatable bonds is 11. The molecule has 2 aromatic heterocycles. The van der Waals surface area contributed by atoms with Gasteiger partial charge in [-0.25, -0.2) is 18.4 Å². The molecule has 0 aliphatic carbocycles. The Bertz CT molecular complexity index is 2230. The molecule has 0 saturated carbocycles. The van der Waals surface area contributed by atoms with Crippen LogP contribution < -0.4 is 15.6 Å². The van der Waals surface area contributed by atoms with Crippen LogP contribution in [0.4, 0.5) is 35.1 Å². The average molecular weight is 845 g/mol. The second-order valence-electron chi connectivity index (χ2n) is 13.9. The maximum absolute atomic E-state index is 15.8. The molecule has 2 aromatic carbocycles. The molecule has 1 spiro atoms. The van der Waals surface area contributed by atoms with E-state index >= 15 is 4.39 Å². The lowest BCUT2D eigenvalue weighted by Gasteiger charge is -2.47. The van der Waals surface area contributed by atoms with Crippen LogP contribution in [0.1, 0.15) is 50.2 Å². The summed E-state index contributed by atoms with van der Waals surface area (Å²) in [5, 5.41) is 2.48. The summed E-state index contributed by atoms with van der Waals surface area (Å²) in [6.07, 6.45) is -11.8. The summed E-state index contributed by atoms with van der Waals surface area (Å²) < 4.78 is 125. The van der Waals surface area contributed by atoms with Crippen LogP contribution in [0.3, 0.4) is 0 Å². The molecule has 2 N–H and O–H groups in total.